The SMILES string of the molecule is NNC(=O)[N+]1(C(=O)c2ccc(OCCOCc3ccccc3)cc2Cl)CC(=O)N(CC=O)Cc2ccccc21. The van der Waals surface area contributed by atoms with E-state index in [1.54, 1.807) is 30.3 Å². The Bertz CT molecular complexity index is 1370. The Hall–Kier alpha value is -4.09. The number of nitrogens with two attached hydrogens (primary N) is 1. The van der Waals surface area contributed by atoms with Gasteiger partial charge in [-0.05, 0) is 23.8 Å². The van der Waals surface area contributed by atoms with Crippen molar-refractivity contribution in [1.29, 1.82) is 0 Å². The molecule has 39 heavy (non-hydrogen) atoms. The Labute approximate surface area is 230 Å². The molecule has 3 aromatic carbocycles. The molecule has 0 spiro atoms. The third-order valence-corrected chi connectivity index (χ3v) is 6.69. The van der Waals surface area contributed by atoms with E-state index in [2.05, 4.69) is 0 Å². The van der Waals surface area contributed by atoms with Gasteiger partial charge in [-0.2, -0.15) is 0 Å². The van der Waals surface area contributed by atoms with Crippen molar-refractivity contribution >= 4 is 41.4 Å². The first-order valence-corrected chi connectivity index (χ1v) is 12.6. The van der Waals surface area contributed by atoms with Crippen LogP contribution in [0.25, 0.3) is 0 Å². The third-order valence-electron chi connectivity index (χ3n) is 6.38. The lowest BCUT2D eigenvalue weighted by Crippen LogP contribution is -2.66. The van der Waals surface area contributed by atoms with Gasteiger partial charge in [-0.1, -0.05) is 60.1 Å². The van der Waals surface area contributed by atoms with Crippen LogP contribution in [0, 0.1) is 0 Å². The van der Waals surface area contributed by atoms with Crippen LogP contribution in [-0.2, 0) is 27.5 Å². The Balaban J connectivity index is 1.57. The fraction of sp³-hybridized carbons (Fsp3) is 0.214. The number of amides is 4. The highest BCUT2D eigenvalue weighted by Crippen LogP contribution is 2.36. The Morgan fingerprint density at radius 1 is 1.05 bits per heavy atom. The fourth-order valence-corrected chi connectivity index (χ4v) is 4.72. The number of imide groups is 1. The number of quaternary nitrogens is 1. The van der Waals surface area contributed by atoms with Crippen LogP contribution in [0.3, 0.4) is 0 Å². The molecule has 11 heteroatoms. The number of para-hydroxylation sites is 1. The minimum absolute atomic E-state index is 0.000570. The summed E-state index contributed by atoms with van der Waals surface area (Å²) in [5, 5.41) is 0.0314. The van der Waals surface area contributed by atoms with Crippen LogP contribution in [0.5, 0.6) is 5.75 Å². The summed E-state index contributed by atoms with van der Waals surface area (Å²) in [6.07, 6.45) is 0.591. The summed E-state index contributed by atoms with van der Waals surface area (Å²) in [7, 11) is 0. The fourth-order valence-electron chi connectivity index (χ4n) is 4.47. The molecule has 0 saturated carbocycles. The lowest BCUT2D eigenvalue weighted by Gasteiger charge is -2.31. The molecule has 1 aliphatic rings. The van der Waals surface area contributed by atoms with E-state index in [4.69, 9.17) is 26.9 Å². The van der Waals surface area contributed by atoms with Crippen molar-refractivity contribution in [1.82, 2.24) is 14.8 Å². The maximum Gasteiger partial charge on any atom is 0.443 e. The summed E-state index contributed by atoms with van der Waals surface area (Å²) >= 11 is 6.51. The number of nitrogens with one attached hydrogen (secondary N) is 1. The molecule has 0 bridgehead atoms. The highest BCUT2D eigenvalue weighted by Gasteiger charge is 2.53. The van der Waals surface area contributed by atoms with Crippen LogP contribution < -0.4 is 20.5 Å². The Morgan fingerprint density at radius 2 is 1.79 bits per heavy atom. The smallest absolute Gasteiger partial charge is 0.443 e. The molecule has 4 rings (SSSR count). The molecule has 0 fully saturated rings. The molecule has 0 aromatic heterocycles. The second-order valence-corrected chi connectivity index (χ2v) is 9.23. The first-order valence-electron chi connectivity index (χ1n) is 12.2. The van der Waals surface area contributed by atoms with Crippen LogP contribution in [0.1, 0.15) is 21.5 Å². The number of halogens is 1. The lowest BCUT2D eigenvalue weighted by molar-refractivity contribution is -0.133. The van der Waals surface area contributed by atoms with E-state index in [-0.39, 0.29) is 36.0 Å². The molecular formula is C28H28ClN4O6+. The molecule has 0 radical (unpaired) electrons. The predicted octanol–water partition coefficient (Wildman–Crippen LogP) is 3.21. The second kappa shape index (κ2) is 12.6. The van der Waals surface area contributed by atoms with E-state index in [0.29, 0.717) is 30.8 Å². The molecule has 3 aromatic rings. The number of urea groups is 1. The predicted molar refractivity (Wildman–Crippen MR) is 145 cm³/mol. The Kier molecular flexibility index (Phi) is 9.05. The number of fused-ring (bicyclic) bond motifs is 1. The van der Waals surface area contributed by atoms with E-state index in [0.717, 1.165) is 5.56 Å². The highest BCUT2D eigenvalue weighted by atomic mass is 35.5. The van der Waals surface area contributed by atoms with Gasteiger partial charge in [0.05, 0.1) is 36.9 Å². The molecule has 4 amide bonds. The number of rotatable bonds is 9. The summed E-state index contributed by atoms with van der Waals surface area (Å²) in [6, 6.07) is 19.9. The molecule has 0 aliphatic carbocycles. The normalized spacial score (nSPS) is 16.7. The summed E-state index contributed by atoms with van der Waals surface area (Å²) in [5.41, 5.74) is 3.87. The number of nitrogens with zero attached hydrogens (tertiary/aromatic N) is 2. The van der Waals surface area contributed by atoms with Gasteiger partial charge in [-0.25, -0.2) is 20.9 Å². The van der Waals surface area contributed by atoms with Crippen LogP contribution in [0.2, 0.25) is 5.02 Å². The molecule has 1 atom stereocenters. The number of aldehydes is 1. The zero-order chi connectivity index (χ0) is 27.8. The number of ether oxygens (including phenoxy) is 2. The zero-order valence-corrected chi connectivity index (χ0v) is 21.8. The minimum atomic E-state index is -1.08. The molecule has 10 nitrogen and oxygen atoms in total. The monoisotopic (exact) mass is 551 g/mol. The summed E-state index contributed by atoms with van der Waals surface area (Å²) < 4.78 is 10.3. The van der Waals surface area contributed by atoms with Gasteiger partial charge >= 0.3 is 11.9 Å². The first-order chi connectivity index (χ1) is 18.9. The third kappa shape index (κ3) is 5.99. The minimum Gasteiger partial charge on any atom is -0.491 e. The van der Waals surface area contributed by atoms with Crippen molar-refractivity contribution in [3.8, 4) is 5.75 Å². The van der Waals surface area contributed by atoms with Crippen molar-refractivity contribution in [3.63, 3.8) is 0 Å². The summed E-state index contributed by atoms with van der Waals surface area (Å²) in [4.78, 5) is 53.0. The van der Waals surface area contributed by atoms with E-state index in [9.17, 15) is 19.2 Å². The van der Waals surface area contributed by atoms with Crippen molar-refractivity contribution in [2.45, 2.75) is 13.2 Å². The van der Waals surface area contributed by atoms with Gasteiger partial charge in [0.15, 0.2) is 12.2 Å². The van der Waals surface area contributed by atoms with E-state index in [1.165, 1.54) is 17.0 Å². The van der Waals surface area contributed by atoms with Gasteiger partial charge in [0.1, 0.15) is 18.6 Å². The molecule has 3 N–H and O–H groups in total. The van der Waals surface area contributed by atoms with Gasteiger partial charge in [0, 0.05) is 11.6 Å². The molecule has 202 valence electrons. The second-order valence-electron chi connectivity index (χ2n) is 8.82. The maximum absolute atomic E-state index is 14.1. The highest BCUT2D eigenvalue weighted by molar-refractivity contribution is 6.35. The number of carbonyl (C=O) groups is 4. The quantitative estimate of drug-likeness (QED) is 0.104. The average Bonchev–Trinajstić information content (AvgIpc) is 3.07. The average molecular weight is 552 g/mol. The Morgan fingerprint density at radius 3 is 2.51 bits per heavy atom. The largest absolute Gasteiger partial charge is 0.491 e. The standard InChI is InChI=1S/C28H27ClN4O6/c29-24-16-22(39-15-14-38-19-20-6-2-1-3-7-20)10-11-23(24)27(36)33(28(37)31-30)18-26(35)32(12-13-34)17-21-8-4-5-9-25(21)33/h1-11,13,16H,12,14-15,17-19,30H2/p+1. The summed E-state index contributed by atoms with van der Waals surface area (Å²) in [5.74, 6) is 4.60. The maximum atomic E-state index is 14.1. The van der Waals surface area contributed by atoms with Gasteiger partial charge in [0.2, 0.25) is 0 Å². The molecule has 1 aliphatic heterocycles. The van der Waals surface area contributed by atoms with Crippen molar-refractivity contribution in [3.05, 3.63) is 94.5 Å². The van der Waals surface area contributed by atoms with E-state index >= 15 is 0 Å². The number of benzene rings is 3. The van der Waals surface area contributed by atoms with E-state index in [1.807, 2.05) is 35.8 Å². The molecule has 1 unspecified atom stereocenters. The van der Waals surface area contributed by atoms with Gasteiger partial charge in [-0.3, -0.25) is 4.79 Å². The van der Waals surface area contributed by atoms with Gasteiger partial charge in [-0.15, -0.1) is 4.48 Å². The van der Waals surface area contributed by atoms with E-state index < -0.39 is 28.9 Å². The van der Waals surface area contributed by atoms with Crippen LogP contribution in [-0.4, -0.2) is 55.3 Å². The number of hydrogen-bond donors (Lipinski definition) is 2. The van der Waals surface area contributed by atoms with Crippen LogP contribution in [0.4, 0.5) is 10.5 Å². The number of hydrazine groups is 1. The van der Waals surface area contributed by atoms with Gasteiger partial charge < -0.3 is 19.2 Å². The van der Waals surface area contributed by atoms with Crippen molar-refractivity contribution in [2.75, 3.05) is 26.3 Å². The number of carbonyl (C=O) groups excluding carboxylic acids is 4. The topological polar surface area (TPSA) is 128 Å². The van der Waals surface area contributed by atoms with Crippen molar-refractivity contribution in [2.24, 2.45) is 5.84 Å². The van der Waals surface area contributed by atoms with Gasteiger partial charge in [0.25, 0.3) is 5.91 Å². The zero-order valence-electron chi connectivity index (χ0n) is 21.0. The first kappa shape index (κ1) is 27.9. The molecule has 0 saturated heterocycles. The number of hydrogen-bond acceptors (Lipinski definition) is 7. The summed E-state index contributed by atoms with van der Waals surface area (Å²) in [6.45, 7) is 0.311. The molecular weight excluding hydrogens is 524 g/mol. The lowest BCUT2D eigenvalue weighted by atomic mass is 10.1. The molecule has 1 heterocycles. The van der Waals surface area contributed by atoms with Crippen LogP contribution in [0.15, 0.2) is 72.8 Å². The van der Waals surface area contributed by atoms with Crippen molar-refractivity contribution < 1.29 is 28.7 Å². The van der Waals surface area contributed by atoms with Crippen LogP contribution >= 0.6 is 11.6 Å².